The van der Waals surface area contributed by atoms with E-state index < -0.39 is 0 Å². The van der Waals surface area contributed by atoms with E-state index in [-0.39, 0.29) is 17.2 Å². The summed E-state index contributed by atoms with van der Waals surface area (Å²) >= 11 is 13.0. The Morgan fingerprint density at radius 1 is 1.20 bits per heavy atom. The van der Waals surface area contributed by atoms with Crippen molar-refractivity contribution in [3.63, 3.8) is 0 Å². The average molecular weight is 394 g/mol. The van der Waals surface area contributed by atoms with Gasteiger partial charge < -0.3 is 5.32 Å². The number of hydrogen-bond donors (Lipinski definition) is 1. The molecule has 3 rings (SSSR count). The highest BCUT2D eigenvalue weighted by Gasteiger charge is 2.11. The Kier molecular flexibility index (Phi) is 5.32. The second-order valence-corrected chi connectivity index (χ2v) is 7.00. The van der Waals surface area contributed by atoms with Crippen LogP contribution in [0, 0.1) is 0 Å². The SMILES string of the molecule is Cn1c(SCC(=O)Nc2ccc(Cl)c(Cl)c2)nc2ccccc2c1=O. The number of aromatic nitrogens is 2. The van der Waals surface area contributed by atoms with Crippen LogP contribution in [0.2, 0.25) is 10.0 Å². The summed E-state index contributed by atoms with van der Waals surface area (Å²) in [5.74, 6) is -0.121. The number of carbonyl (C=O) groups excluding carboxylic acids is 1. The first-order chi connectivity index (χ1) is 12.0. The smallest absolute Gasteiger partial charge is 0.261 e. The van der Waals surface area contributed by atoms with Gasteiger partial charge in [0.15, 0.2) is 5.16 Å². The van der Waals surface area contributed by atoms with Crippen molar-refractivity contribution in [2.75, 3.05) is 11.1 Å². The van der Waals surface area contributed by atoms with Crippen molar-refractivity contribution in [1.29, 1.82) is 0 Å². The molecule has 0 fully saturated rings. The van der Waals surface area contributed by atoms with E-state index in [0.717, 1.165) is 0 Å². The molecule has 128 valence electrons. The summed E-state index contributed by atoms with van der Waals surface area (Å²) in [4.78, 5) is 28.9. The molecule has 0 unspecified atom stereocenters. The van der Waals surface area contributed by atoms with Gasteiger partial charge in [0.25, 0.3) is 5.56 Å². The molecule has 1 heterocycles. The monoisotopic (exact) mass is 393 g/mol. The van der Waals surface area contributed by atoms with Gasteiger partial charge in [-0.05, 0) is 30.3 Å². The van der Waals surface area contributed by atoms with Crippen molar-refractivity contribution in [3.05, 3.63) is 62.9 Å². The average Bonchev–Trinajstić information content (AvgIpc) is 2.60. The lowest BCUT2D eigenvalue weighted by atomic mass is 10.2. The van der Waals surface area contributed by atoms with Crippen LogP contribution in [-0.4, -0.2) is 21.2 Å². The summed E-state index contributed by atoms with van der Waals surface area (Å²) in [6.45, 7) is 0. The Morgan fingerprint density at radius 2 is 1.96 bits per heavy atom. The van der Waals surface area contributed by atoms with Crippen molar-refractivity contribution < 1.29 is 4.79 Å². The van der Waals surface area contributed by atoms with E-state index in [9.17, 15) is 9.59 Å². The quantitative estimate of drug-likeness (QED) is 0.537. The molecule has 0 radical (unpaired) electrons. The minimum absolute atomic E-state index is 0.110. The van der Waals surface area contributed by atoms with Crippen LogP contribution in [-0.2, 0) is 11.8 Å². The number of fused-ring (bicyclic) bond motifs is 1. The molecule has 25 heavy (non-hydrogen) atoms. The number of rotatable bonds is 4. The summed E-state index contributed by atoms with van der Waals surface area (Å²) in [5, 5.41) is 4.55. The molecule has 2 aromatic carbocycles. The van der Waals surface area contributed by atoms with Gasteiger partial charge in [-0.3, -0.25) is 14.2 Å². The molecule has 0 aliphatic heterocycles. The van der Waals surface area contributed by atoms with Crippen LogP contribution in [0.5, 0.6) is 0 Å². The van der Waals surface area contributed by atoms with Gasteiger partial charge in [0, 0.05) is 12.7 Å². The number of carbonyl (C=O) groups is 1. The first-order valence-corrected chi connectivity index (χ1v) is 9.03. The van der Waals surface area contributed by atoms with Crippen molar-refractivity contribution in [2.45, 2.75) is 5.16 Å². The molecule has 0 spiro atoms. The minimum atomic E-state index is -0.231. The van der Waals surface area contributed by atoms with E-state index in [0.29, 0.717) is 31.8 Å². The van der Waals surface area contributed by atoms with E-state index >= 15 is 0 Å². The van der Waals surface area contributed by atoms with Crippen LogP contribution in [0.25, 0.3) is 10.9 Å². The van der Waals surface area contributed by atoms with Gasteiger partial charge >= 0.3 is 0 Å². The van der Waals surface area contributed by atoms with Gasteiger partial charge in [0.1, 0.15) is 0 Å². The standard InChI is InChI=1S/C17H13Cl2N3O2S/c1-22-16(24)11-4-2-3-5-14(11)21-17(22)25-9-15(23)20-10-6-7-12(18)13(19)8-10/h2-8H,9H2,1H3,(H,20,23). The Morgan fingerprint density at radius 3 is 2.72 bits per heavy atom. The third-order valence-corrected chi connectivity index (χ3v) is 5.25. The number of nitrogens with one attached hydrogen (secondary N) is 1. The van der Waals surface area contributed by atoms with Crippen LogP contribution in [0.1, 0.15) is 0 Å². The van der Waals surface area contributed by atoms with Crippen molar-refractivity contribution in [1.82, 2.24) is 9.55 Å². The molecule has 0 aliphatic rings. The maximum absolute atomic E-state index is 12.3. The molecule has 5 nitrogen and oxygen atoms in total. The molecule has 1 aromatic heterocycles. The lowest BCUT2D eigenvalue weighted by Crippen LogP contribution is -2.21. The number of halogens is 2. The highest BCUT2D eigenvalue weighted by molar-refractivity contribution is 7.99. The van der Waals surface area contributed by atoms with Crippen molar-refractivity contribution >= 4 is 57.5 Å². The lowest BCUT2D eigenvalue weighted by Gasteiger charge is -2.09. The highest BCUT2D eigenvalue weighted by atomic mass is 35.5. The van der Waals surface area contributed by atoms with Crippen molar-refractivity contribution in [2.24, 2.45) is 7.05 Å². The first-order valence-electron chi connectivity index (χ1n) is 7.29. The normalized spacial score (nSPS) is 10.8. The zero-order chi connectivity index (χ0) is 18.0. The molecule has 0 bridgehead atoms. The molecule has 0 saturated heterocycles. The van der Waals surface area contributed by atoms with Crippen LogP contribution >= 0.6 is 35.0 Å². The fourth-order valence-electron chi connectivity index (χ4n) is 2.23. The Labute approximate surface area is 158 Å². The molecule has 0 atom stereocenters. The van der Waals surface area contributed by atoms with Gasteiger partial charge in [-0.2, -0.15) is 0 Å². The predicted molar refractivity (Wildman–Crippen MR) is 103 cm³/mol. The first kappa shape index (κ1) is 17.8. The Bertz CT molecular complexity index is 1020. The molecule has 3 aromatic rings. The Balaban J connectivity index is 1.73. The zero-order valence-corrected chi connectivity index (χ0v) is 15.5. The number of hydrogen-bond acceptors (Lipinski definition) is 4. The maximum Gasteiger partial charge on any atom is 0.261 e. The third-order valence-electron chi connectivity index (χ3n) is 3.48. The van der Waals surface area contributed by atoms with Gasteiger partial charge in [0.05, 0.1) is 26.7 Å². The Hall–Kier alpha value is -2.02. The maximum atomic E-state index is 12.3. The van der Waals surface area contributed by atoms with E-state index in [2.05, 4.69) is 10.3 Å². The summed E-state index contributed by atoms with van der Waals surface area (Å²) in [6, 6.07) is 12.0. The molecular formula is C17H13Cl2N3O2S. The number of anilines is 1. The predicted octanol–water partition coefficient (Wildman–Crippen LogP) is 3.97. The van der Waals surface area contributed by atoms with Crippen LogP contribution in [0.15, 0.2) is 52.4 Å². The van der Waals surface area contributed by atoms with Crippen LogP contribution in [0.3, 0.4) is 0 Å². The van der Waals surface area contributed by atoms with Gasteiger partial charge in [-0.1, -0.05) is 47.1 Å². The summed E-state index contributed by atoms with van der Waals surface area (Å²) in [7, 11) is 1.64. The molecule has 0 aliphatic carbocycles. The molecule has 8 heteroatoms. The fourth-order valence-corrected chi connectivity index (χ4v) is 3.30. The van der Waals surface area contributed by atoms with Crippen molar-refractivity contribution in [3.8, 4) is 0 Å². The lowest BCUT2D eigenvalue weighted by molar-refractivity contribution is -0.113. The molecular weight excluding hydrogens is 381 g/mol. The molecule has 1 amide bonds. The van der Waals surface area contributed by atoms with E-state index in [1.807, 2.05) is 6.07 Å². The summed E-state index contributed by atoms with van der Waals surface area (Å²) < 4.78 is 1.44. The number of benzene rings is 2. The van der Waals surface area contributed by atoms with E-state index in [4.69, 9.17) is 23.2 Å². The largest absolute Gasteiger partial charge is 0.325 e. The minimum Gasteiger partial charge on any atom is -0.325 e. The van der Waals surface area contributed by atoms with E-state index in [1.54, 1.807) is 43.4 Å². The van der Waals surface area contributed by atoms with Crippen LogP contribution < -0.4 is 10.9 Å². The van der Waals surface area contributed by atoms with Gasteiger partial charge in [-0.15, -0.1) is 0 Å². The second-order valence-electron chi connectivity index (χ2n) is 5.24. The second kappa shape index (κ2) is 7.47. The van der Waals surface area contributed by atoms with E-state index in [1.165, 1.54) is 16.3 Å². The summed E-state index contributed by atoms with van der Waals surface area (Å²) in [6.07, 6.45) is 0. The van der Waals surface area contributed by atoms with Crippen LogP contribution in [0.4, 0.5) is 5.69 Å². The van der Waals surface area contributed by atoms with Gasteiger partial charge in [0.2, 0.25) is 5.91 Å². The van der Waals surface area contributed by atoms with Gasteiger partial charge in [-0.25, -0.2) is 4.98 Å². The zero-order valence-electron chi connectivity index (χ0n) is 13.1. The number of para-hydroxylation sites is 1. The highest BCUT2D eigenvalue weighted by Crippen LogP contribution is 2.25. The number of nitrogens with zero attached hydrogens (tertiary/aromatic N) is 2. The summed E-state index contributed by atoms with van der Waals surface area (Å²) in [5.41, 5.74) is 1.02. The fraction of sp³-hybridized carbons (Fsp3) is 0.118. The number of amides is 1. The topological polar surface area (TPSA) is 64.0 Å². The molecule has 0 saturated carbocycles. The third kappa shape index (κ3) is 3.98. The number of thioether (sulfide) groups is 1. The molecule has 1 N–H and O–H groups in total.